The van der Waals surface area contributed by atoms with Gasteiger partial charge < -0.3 is 15.0 Å². The number of benzene rings is 3. The van der Waals surface area contributed by atoms with Gasteiger partial charge in [0.25, 0.3) is 0 Å². The first-order valence-electron chi connectivity index (χ1n) is 10.5. The molecule has 0 aliphatic rings. The summed E-state index contributed by atoms with van der Waals surface area (Å²) in [6.07, 6.45) is 0. The van der Waals surface area contributed by atoms with Crippen LogP contribution in [-0.4, -0.2) is 35.8 Å². The highest BCUT2D eigenvalue weighted by Crippen LogP contribution is 2.30. The summed E-state index contributed by atoms with van der Waals surface area (Å²) in [4.78, 5) is 13.2. The molecule has 1 unspecified atom stereocenters. The number of rotatable bonds is 10. The van der Waals surface area contributed by atoms with Crippen molar-refractivity contribution in [2.45, 2.75) is 19.6 Å². The Morgan fingerprint density at radius 3 is 2.38 bits per heavy atom. The predicted octanol–water partition coefficient (Wildman–Crippen LogP) is 4.78. The molecule has 0 saturated carbocycles. The van der Waals surface area contributed by atoms with Gasteiger partial charge in [0.15, 0.2) is 5.75 Å². The molecular weight excluding hydrogens is 404 g/mol. The number of nitro benzene ring substituents is 1. The lowest BCUT2D eigenvalue weighted by Gasteiger charge is -2.32. The number of amidine groups is 1. The van der Waals surface area contributed by atoms with Crippen molar-refractivity contribution in [2.75, 3.05) is 20.1 Å². The van der Waals surface area contributed by atoms with Crippen LogP contribution >= 0.6 is 0 Å². The van der Waals surface area contributed by atoms with E-state index >= 15 is 0 Å². The minimum absolute atomic E-state index is 0.0647. The summed E-state index contributed by atoms with van der Waals surface area (Å²) in [7, 11) is 1.86. The molecule has 3 rings (SSSR count). The molecule has 1 atom stereocenters. The second-order valence-electron chi connectivity index (χ2n) is 7.45. The van der Waals surface area contributed by atoms with Crippen LogP contribution in [0.5, 0.6) is 5.75 Å². The third-order valence-corrected chi connectivity index (χ3v) is 5.31. The van der Waals surface area contributed by atoms with E-state index < -0.39 is 4.92 Å². The van der Waals surface area contributed by atoms with Gasteiger partial charge in [-0.15, -0.1) is 0 Å². The molecule has 32 heavy (non-hydrogen) atoms. The molecular formula is C25H28N4O3. The summed E-state index contributed by atoms with van der Waals surface area (Å²) in [5, 5.41) is 23.7. The Hall–Kier alpha value is -3.71. The number of hydrogen-bond donors (Lipinski definition) is 2. The lowest BCUT2D eigenvalue weighted by molar-refractivity contribution is -0.386. The average molecular weight is 433 g/mol. The fraction of sp³-hybridized carbons (Fsp3) is 0.240. The minimum Gasteiger partial charge on any atom is -0.482 e. The van der Waals surface area contributed by atoms with Gasteiger partial charge in [0.2, 0.25) is 0 Å². The molecule has 0 aliphatic carbocycles. The van der Waals surface area contributed by atoms with Crippen LogP contribution in [0, 0.1) is 15.5 Å². The first-order chi connectivity index (χ1) is 15.5. The second-order valence-corrected chi connectivity index (χ2v) is 7.45. The van der Waals surface area contributed by atoms with Crippen LogP contribution in [0.25, 0.3) is 0 Å². The molecule has 0 bridgehead atoms. The molecule has 0 radical (unpaired) electrons. The first kappa shape index (κ1) is 23.0. The Morgan fingerprint density at radius 1 is 1.09 bits per heavy atom. The number of nitrogens with one attached hydrogen (secondary N) is 2. The molecule has 0 aliphatic heterocycles. The number of nitrogens with zero attached hydrogens (tertiary/aromatic N) is 2. The second kappa shape index (κ2) is 11.1. The van der Waals surface area contributed by atoms with Gasteiger partial charge in [-0.2, -0.15) is 0 Å². The number of likely N-dealkylation sites (N-methyl/N-ethyl adjacent to an activating group) is 1. The van der Waals surface area contributed by atoms with E-state index in [1.54, 1.807) is 12.1 Å². The topological polar surface area (TPSA) is 91.5 Å². The smallest absolute Gasteiger partial charge is 0.311 e. The monoisotopic (exact) mass is 432 g/mol. The van der Waals surface area contributed by atoms with Crippen molar-refractivity contribution in [1.29, 1.82) is 5.41 Å². The largest absolute Gasteiger partial charge is 0.482 e. The fourth-order valence-corrected chi connectivity index (χ4v) is 3.47. The van der Waals surface area contributed by atoms with Gasteiger partial charge in [-0.05, 0) is 37.2 Å². The molecule has 0 amide bonds. The summed E-state index contributed by atoms with van der Waals surface area (Å²) < 4.78 is 5.73. The highest BCUT2D eigenvalue weighted by molar-refractivity contribution is 5.97. The highest BCUT2D eigenvalue weighted by Gasteiger charge is 2.23. The van der Waals surface area contributed by atoms with E-state index in [0.29, 0.717) is 18.7 Å². The van der Waals surface area contributed by atoms with Crippen LogP contribution in [-0.2, 0) is 6.61 Å². The van der Waals surface area contributed by atoms with Crippen molar-refractivity contribution in [3.05, 3.63) is 106 Å². The standard InChI is InChI=1S/C25H28N4O3/c1-19(21-11-7-4-8-12-21)28(16-15-27-2)25(26)22-13-14-24(23(17-22)29(30)31)32-18-20-9-5-3-6-10-20/h3-14,17,19,26-27H,15-16,18H2,1-2H3. The molecule has 3 aromatic carbocycles. The molecule has 0 spiro atoms. The quantitative estimate of drug-likeness (QED) is 0.208. The predicted molar refractivity (Wildman–Crippen MR) is 126 cm³/mol. The van der Waals surface area contributed by atoms with Gasteiger partial charge in [0, 0.05) is 24.7 Å². The zero-order valence-electron chi connectivity index (χ0n) is 18.3. The first-order valence-corrected chi connectivity index (χ1v) is 10.5. The van der Waals surface area contributed by atoms with E-state index in [-0.39, 0.29) is 29.9 Å². The van der Waals surface area contributed by atoms with E-state index in [1.807, 2.05) is 79.5 Å². The van der Waals surface area contributed by atoms with Crippen molar-refractivity contribution in [1.82, 2.24) is 10.2 Å². The van der Waals surface area contributed by atoms with Crippen LogP contribution in [0.1, 0.15) is 29.7 Å². The molecule has 7 heteroatoms. The van der Waals surface area contributed by atoms with Gasteiger partial charge >= 0.3 is 5.69 Å². The van der Waals surface area contributed by atoms with E-state index in [4.69, 9.17) is 10.1 Å². The lowest BCUT2D eigenvalue weighted by Crippen LogP contribution is -2.38. The molecule has 0 fully saturated rings. The summed E-state index contributed by atoms with van der Waals surface area (Å²) in [6.45, 7) is 3.54. The normalized spacial score (nSPS) is 11.6. The molecule has 3 aromatic rings. The molecule has 0 heterocycles. The molecule has 0 saturated heterocycles. The Balaban J connectivity index is 1.85. The van der Waals surface area contributed by atoms with E-state index in [1.165, 1.54) is 6.07 Å². The van der Waals surface area contributed by atoms with E-state index in [0.717, 1.165) is 11.1 Å². The summed E-state index contributed by atoms with van der Waals surface area (Å²) in [5.74, 6) is 0.419. The van der Waals surface area contributed by atoms with Crippen LogP contribution in [0.15, 0.2) is 78.9 Å². The molecule has 2 N–H and O–H groups in total. The van der Waals surface area contributed by atoms with Crippen molar-refractivity contribution in [3.8, 4) is 5.75 Å². The van der Waals surface area contributed by atoms with Crippen molar-refractivity contribution >= 4 is 11.5 Å². The third kappa shape index (κ3) is 5.70. The molecule has 166 valence electrons. The van der Waals surface area contributed by atoms with Crippen LogP contribution in [0.4, 0.5) is 5.69 Å². The van der Waals surface area contributed by atoms with Gasteiger partial charge in [-0.25, -0.2) is 0 Å². The van der Waals surface area contributed by atoms with Crippen LogP contribution < -0.4 is 10.1 Å². The molecule has 7 nitrogen and oxygen atoms in total. The average Bonchev–Trinajstić information content (AvgIpc) is 2.83. The van der Waals surface area contributed by atoms with Crippen LogP contribution in [0.3, 0.4) is 0 Å². The molecule has 0 aromatic heterocycles. The van der Waals surface area contributed by atoms with E-state index in [9.17, 15) is 10.1 Å². The number of nitro groups is 1. The summed E-state index contributed by atoms with van der Waals surface area (Å²) >= 11 is 0. The van der Waals surface area contributed by atoms with Gasteiger partial charge in [-0.3, -0.25) is 15.5 Å². The maximum absolute atomic E-state index is 11.7. The maximum Gasteiger partial charge on any atom is 0.311 e. The lowest BCUT2D eigenvalue weighted by atomic mass is 10.0. The highest BCUT2D eigenvalue weighted by atomic mass is 16.6. The SMILES string of the molecule is CNCCN(C(=N)c1ccc(OCc2ccccc2)c([N+](=O)[O-])c1)C(C)c1ccccc1. The Morgan fingerprint density at radius 2 is 1.75 bits per heavy atom. The van der Waals surface area contributed by atoms with Crippen molar-refractivity contribution in [2.24, 2.45) is 0 Å². The fourth-order valence-electron chi connectivity index (χ4n) is 3.47. The Labute approximate surface area is 188 Å². The van der Waals surface area contributed by atoms with E-state index in [2.05, 4.69) is 5.32 Å². The maximum atomic E-state index is 11.7. The summed E-state index contributed by atoms with van der Waals surface area (Å²) in [6, 6.07) is 24.1. The Bertz CT molecular complexity index is 1040. The summed E-state index contributed by atoms with van der Waals surface area (Å²) in [5.41, 5.74) is 2.32. The number of ether oxygens (including phenoxy) is 1. The van der Waals surface area contributed by atoms with Crippen molar-refractivity contribution in [3.63, 3.8) is 0 Å². The minimum atomic E-state index is -0.463. The van der Waals surface area contributed by atoms with Gasteiger partial charge in [-0.1, -0.05) is 60.7 Å². The van der Waals surface area contributed by atoms with Gasteiger partial charge in [0.05, 0.1) is 11.0 Å². The number of hydrogen-bond acceptors (Lipinski definition) is 5. The van der Waals surface area contributed by atoms with Gasteiger partial charge in [0.1, 0.15) is 12.4 Å². The van der Waals surface area contributed by atoms with Crippen LogP contribution in [0.2, 0.25) is 0 Å². The zero-order valence-corrected chi connectivity index (χ0v) is 18.3. The third-order valence-electron chi connectivity index (χ3n) is 5.31. The van der Waals surface area contributed by atoms with Crippen molar-refractivity contribution < 1.29 is 9.66 Å². The zero-order chi connectivity index (χ0) is 22.9. The Kier molecular flexibility index (Phi) is 7.94.